The van der Waals surface area contributed by atoms with Crippen LogP contribution in [-0.4, -0.2) is 16.1 Å². The van der Waals surface area contributed by atoms with E-state index in [2.05, 4.69) is 4.98 Å². The van der Waals surface area contributed by atoms with Crippen LogP contribution in [0.4, 0.5) is 0 Å². The van der Waals surface area contributed by atoms with Gasteiger partial charge in [0.05, 0.1) is 16.8 Å². The van der Waals surface area contributed by atoms with Gasteiger partial charge in [-0.3, -0.25) is 0 Å². The average molecular weight is 277 g/mol. The van der Waals surface area contributed by atoms with E-state index in [9.17, 15) is 9.90 Å². The third-order valence-electron chi connectivity index (χ3n) is 3.54. The fraction of sp³-hybridized carbons (Fsp3) is 0.111. The third kappa shape index (κ3) is 2.50. The summed E-state index contributed by atoms with van der Waals surface area (Å²) in [5.41, 5.74) is 4.79. The molecule has 3 nitrogen and oxygen atoms in total. The molecule has 0 saturated carbocycles. The quantitative estimate of drug-likeness (QED) is 0.763. The number of aromatic nitrogens is 1. The van der Waals surface area contributed by atoms with Gasteiger partial charge in [-0.05, 0) is 32.0 Å². The van der Waals surface area contributed by atoms with E-state index in [1.807, 2.05) is 56.3 Å². The molecule has 3 rings (SSSR count). The van der Waals surface area contributed by atoms with Crippen LogP contribution in [-0.2, 0) is 0 Å². The van der Waals surface area contributed by atoms with Crippen LogP contribution in [0.5, 0.6) is 0 Å². The van der Waals surface area contributed by atoms with Gasteiger partial charge in [-0.25, -0.2) is 9.78 Å². The van der Waals surface area contributed by atoms with Crippen molar-refractivity contribution in [3.8, 4) is 11.3 Å². The van der Waals surface area contributed by atoms with E-state index in [1.54, 1.807) is 6.07 Å². The first-order valence-electron chi connectivity index (χ1n) is 6.76. The molecule has 1 aromatic heterocycles. The van der Waals surface area contributed by atoms with Gasteiger partial charge in [0.15, 0.2) is 0 Å². The van der Waals surface area contributed by atoms with Crippen LogP contribution in [0.2, 0.25) is 0 Å². The van der Waals surface area contributed by atoms with Gasteiger partial charge in [0.2, 0.25) is 0 Å². The van der Waals surface area contributed by atoms with E-state index in [0.29, 0.717) is 22.2 Å². The zero-order valence-electron chi connectivity index (χ0n) is 11.9. The maximum absolute atomic E-state index is 11.5. The largest absolute Gasteiger partial charge is 0.478 e. The highest BCUT2D eigenvalue weighted by Gasteiger charge is 2.13. The number of carbonyl (C=O) groups is 1. The maximum atomic E-state index is 11.5. The Labute approximate surface area is 122 Å². The molecule has 0 atom stereocenters. The van der Waals surface area contributed by atoms with Gasteiger partial charge in [0.25, 0.3) is 0 Å². The van der Waals surface area contributed by atoms with Crippen molar-refractivity contribution in [2.24, 2.45) is 0 Å². The third-order valence-corrected chi connectivity index (χ3v) is 3.54. The summed E-state index contributed by atoms with van der Waals surface area (Å²) in [4.78, 5) is 16.1. The minimum Gasteiger partial charge on any atom is -0.478 e. The molecular weight excluding hydrogens is 262 g/mol. The molecule has 0 radical (unpaired) electrons. The van der Waals surface area contributed by atoms with Crippen LogP contribution in [0, 0.1) is 13.8 Å². The number of aryl methyl sites for hydroxylation is 2. The molecule has 0 fully saturated rings. The summed E-state index contributed by atoms with van der Waals surface area (Å²) < 4.78 is 0. The van der Waals surface area contributed by atoms with Crippen molar-refractivity contribution in [1.82, 2.24) is 4.98 Å². The number of benzene rings is 2. The highest BCUT2D eigenvalue weighted by Crippen LogP contribution is 2.26. The Bertz CT molecular complexity index is 836. The second kappa shape index (κ2) is 5.02. The normalized spacial score (nSPS) is 10.8. The molecule has 0 amide bonds. The lowest BCUT2D eigenvalue weighted by Crippen LogP contribution is -2.00. The number of aromatic carboxylic acids is 1. The smallest absolute Gasteiger partial charge is 0.336 e. The van der Waals surface area contributed by atoms with Gasteiger partial charge < -0.3 is 5.11 Å². The average Bonchev–Trinajstić information content (AvgIpc) is 2.46. The summed E-state index contributed by atoms with van der Waals surface area (Å²) in [6.07, 6.45) is 0. The van der Waals surface area contributed by atoms with Gasteiger partial charge in [-0.1, -0.05) is 41.5 Å². The number of fused-ring (bicyclic) bond motifs is 1. The van der Waals surface area contributed by atoms with E-state index in [1.165, 1.54) is 0 Å². The van der Waals surface area contributed by atoms with E-state index >= 15 is 0 Å². The van der Waals surface area contributed by atoms with Crippen LogP contribution >= 0.6 is 0 Å². The Morgan fingerprint density at radius 3 is 2.29 bits per heavy atom. The molecule has 0 saturated heterocycles. The second-order valence-electron chi connectivity index (χ2n) is 5.25. The number of hydrogen-bond donors (Lipinski definition) is 1. The summed E-state index contributed by atoms with van der Waals surface area (Å²) in [5, 5.41) is 10.1. The lowest BCUT2D eigenvalue weighted by Gasteiger charge is -2.08. The molecule has 0 unspecified atom stereocenters. The number of nitrogens with zero attached hydrogens (tertiary/aromatic N) is 1. The minimum atomic E-state index is -0.929. The van der Waals surface area contributed by atoms with Crippen molar-refractivity contribution in [3.63, 3.8) is 0 Å². The first kappa shape index (κ1) is 13.3. The lowest BCUT2D eigenvalue weighted by atomic mass is 10.0. The second-order valence-corrected chi connectivity index (χ2v) is 5.25. The number of rotatable bonds is 2. The standard InChI is InChI=1S/C18H15NO2/c1-11-3-6-13(7-4-11)17-10-15(18(20)21)14-9-12(2)5-8-16(14)19-17/h3-10H,1-2H3,(H,20,21). The maximum Gasteiger partial charge on any atom is 0.336 e. The zero-order valence-corrected chi connectivity index (χ0v) is 11.9. The molecule has 0 spiro atoms. The number of pyridine rings is 1. The minimum absolute atomic E-state index is 0.291. The van der Waals surface area contributed by atoms with Gasteiger partial charge in [-0.15, -0.1) is 0 Å². The van der Waals surface area contributed by atoms with Crippen molar-refractivity contribution in [2.75, 3.05) is 0 Å². The van der Waals surface area contributed by atoms with E-state index in [-0.39, 0.29) is 0 Å². The summed E-state index contributed by atoms with van der Waals surface area (Å²) in [6.45, 7) is 3.96. The Kier molecular flexibility index (Phi) is 3.18. The summed E-state index contributed by atoms with van der Waals surface area (Å²) in [5.74, 6) is -0.929. The first-order valence-corrected chi connectivity index (χ1v) is 6.76. The predicted molar refractivity (Wildman–Crippen MR) is 83.6 cm³/mol. The van der Waals surface area contributed by atoms with Crippen molar-refractivity contribution < 1.29 is 9.90 Å². The monoisotopic (exact) mass is 277 g/mol. The van der Waals surface area contributed by atoms with E-state index in [0.717, 1.165) is 16.7 Å². The van der Waals surface area contributed by atoms with Crippen molar-refractivity contribution >= 4 is 16.9 Å². The molecule has 3 heteroatoms. The number of hydrogen-bond acceptors (Lipinski definition) is 2. The highest BCUT2D eigenvalue weighted by atomic mass is 16.4. The van der Waals surface area contributed by atoms with Crippen LogP contribution in [0.3, 0.4) is 0 Å². The summed E-state index contributed by atoms with van der Waals surface area (Å²) in [7, 11) is 0. The van der Waals surface area contributed by atoms with Crippen LogP contribution < -0.4 is 0 Å². The van der Waals surface area contributed by atoms with Crippen LogP contribution in [0.25, 0.3) is 22.2 Å². The molecule has 0 bridgehead atoms. The highest BCUT2D eigenvalue weighted by molar-refractivity contribution is 6.03. The number of carboxylic acids is 1. The van der Waals surface area contributed by atoms with Gasteiger partial charge in [-0.2, -0.15) is 0 Å². The van der Waals surface area contributed by atoms with E-state index in [4.69, 9.17) is 0 Å². The zero-order chi connectivity index (χ0) is 15.0. The van der Waals surface area contributed by atoms with Crippen molar-refractivity contribution in [3.05, 3.63) is 65.2 Å². The van der Waals surface area contributed by atoms with Gasteiger partial charge >= 0.3 is 5.97 Å². The Balaban J connectivity index is 2.28. The predicted octanol–water partition coefficient (Wildman–Crippen LogP) is 4.22. The molecule has 3 aromatic rings. The molecular formula is C18H15NO2. The van der Waals surface area contributed by atoms with Gasteiger partial charge in [0.1, 0.15) is 0 Å². The summed E-state index contributed by atoms with van der Waals surface area (Å²) in [6, 6.07) is 15.2. The Morgan fingerprint density at radius 1 is 0.952 bits per heavy atom. The molecule has 21 heavy (non-hydrogen) atoms. The molecule has 0 aliphatic carbocycles. The lowest BCUT2D eigenvalue weighted by molar-refractivity contribution is 0.0699. The van der Waals surface area contributed by atoms with Crippen LogP contribution in [0.15, 0.2) is 48.5 Å². The summed E-state index contributed by atoms with van der Waals surface area (Å²) >= 11 is 0. The molecule has 1 N–H and O–H groups in total. The van der Waals surface area contributed by atoms with Crippen LogP contribution in [0.1, 0.15) is 21.5 Å². The van der Waals surface area contributed by atoms with Crippen molar-refractivity contribution in [1.29, 1.82) is 0 Å². The molecule has 0 aliphatic rings. The molecule has 104 valence electrons. The number of carboxylic acid groups (broad SMARTS) is 1. The fourth-order valence-electron chi connectivity index (χ4n) is 2.39. The van der Waals surface area contributed by atoms with E-state index < -0.39 is 5.97 Å². The fourth-order valence-corrected chi connectivity index (χ4v) is 2.39. The van der Waals surface area contributed by atoms with Crippen molar-refractivity contribution in [2.45, 2.75) is 13.8 Å². The Morgan fingerprint density at radius 2 is 1.62 bits per heavy atom. The Hall–Kier alpha value is -2.68. The molecule has 2 aromatic carbocycles. The van der Waals surface area contributed by atoms with Gasteiger partial charge in [0, 0.05) is 10.9 Å². The molecule has 0 aliphatic heterocycles. The SMILES string of the molecule is Cc1ccc(-c2cc(C(=O)O)c3cc(C)ccc3n2)cc1. The topological polar surface area (TPSA) is 50.2 Å². The first-order chi connectivity index (χ1) is 10.0. The molecule has 1 heterocycles.